The van der Waals surface area contributed by atoms with Crippen LogP contribution in [0.5, 0.6) is 0 Å². The van der Waals surface area contributed by atoms with Crippen LogP contribution in [0.4, 0.5) is 11.4 Å². The van der Waals surface area contributed by atoms with Gasteiger partial charge in [-0.1, -0.05) is 49.6 Å². The molecule has 0 saturated heterocycles. The van der Waals surface area contributed by atoms with Crippen molar-refractivity contribution in [3.8, 4) is 0 Å². The van der Waals surface area contributed by atoms with Crippen LogP contribution in [0.1, 0.15) is 50.1 Å². The van der Waals surface area contributed by atoms with E-state index in [2.05, 4.69) is 5.32 Å². The second-order valence-corrected chi connectivity index (χ2v) is 9.56. The van der Waals surface area contributed by atoms with E-state index in [-0.39, 0.29) is 22.4 Å². The van der Waals surface area contributed by atoms with E-state index in [1.807, 2.05) is 30.3 Å². The lowest BCUT2D eigenvalue weighted by Gasteiger charge is -2.38. The summed E-state index contributed by atoms with van der Waals surface area (Å²) in [4.78, 5) is 27.9. The molecule has 0 bridgehead atoms. The minimum absolute atomic E-state index is 0.112. The first kappa shape index (κ1) is 20.6. The number of primary sulfonamides is 1. The van der Waals surface area contributed by atoms with Crippen LogP contribution in [-0.2, 0) is 19.6 Å². The minimum atomic E-state index is -3.93. The number of fused-ring (bicyclic) bond motifs is 1. The highest BCUT2D eigenvalue weighted by Crippen LogP contribution is 2.41. The molecule has 1 atom stereocenters. The molecule has 3 N–H and O–H groups in total. The van der Waals surface area contributed by atoms with Gasteiger partial charge in [0.1, 0.15) is 6.04 Å². The summed E-state index contributed by atoms with van der Waals surface area (Å²) in [5, 5.41) is 8.00. The Morgan fingerprint density at radius 2 is 1.77 bits per heavy atom. The van der Waals surface area contributed by atoms with E-state index in [0.29, 0.717) is 23.6 Å². The Morgan fingerprint density at radius 3 is 2.43 bits per heavy atom. The molecule has 2 aromatic rings. The SMILES string of the molecule is NS(=O)(=O)c1ccc2c(c1)NC(=O)C(c1ccccc1)N2C(=O)CC1CCCCC1. The van der Waals surface area contributed by atoms with Gasteiger partial charge in [-0.15, -0.1) is 0 Å². The molecule has 1 heterocycles. The van der Waals surface area contributed by atoms with Crippen LogP contribution < -0.4 is 15.4 Å². The summed E-state index contributed by atoms with van der Waals surface area (Å²) in [6.07, 6.45) is 5.83. The fourth-order valence-corrected chi connectivity index (χ4v) is 4.95. The highest BCUT2D eigenvalue weighted by atomic mass is 32.2. The van der Waals surface area contributed by atoms with Crippen molar-refractivity contribution >= 4 is 33.2 Å². The van der Waals surface area contributed by atoms with Crippen molar-refractivity contribution in [3.63, 3.8) is 0 Å². The zero-order valence-corrected chi connectivity index (χ0v) is 17.4. The number of rotatable bonds is 4. The Hall–Kier alpha value is -2.71. The van der Waals surface area contributed by atoms with E-state index < -0.39 is 16.1 Å². The van der Waals surface area contributed by atoms with Gasteiger partial charge in [0.25, 0.3) is 5.91 Å². The van der Waals surface area contributed by atoms with Gasteiger partial charge in [0.2, 0.25) is 15.9 Å². The quantitative estimate of drug-likeness (QED) is 0.780. The molecule has 1 saturated carbocycles. The van der Waals surface area contributed by atoms with Crippen molar-refractivity contribution in [2.75, 3.05) is 10.2 Å². The summed E-state index contributed by atoms with van der Waals surface area (Å²) in [5.41, 5.74) is 1.46. The number of hydrogen-bond acceptors (Lipinski definition) is 4. The Bertz CT molecular complexity index is 1060. The molecule has 2 aromatic carbocycles. The smallest absolute Gasteiger partial charge is 0.252 e. The van der Waals surface area contributed by atoms with Crippen molar-refractivity contribution in [2.24, 2.45) is 11.1 Å². The van der Waals surface area contributed by atoms with Gasteiger partial charge >= 0.3 is 0 Å². The third kappa shape index (κ3) is 4.11. The topological polar surface area (TPSA) is 110 Å². The Kier molecular flexibility index (Phi) is 5.62. The monoisotopic (exact) mass is 427 g/mol. The second-order valence-electron chi connectivity index (χ2n) is 8.00. The number of nitrogens with one attached hydrogen (secondary N) is 1. The molecule has 0 radical (unpaired) electrons. The van der Waals surface area contributed by atoms with Crippen molar-refractivity contribution < 1.29 is 18.0 Å². The molecule has 1 aliphatic heterocycles. The molecule has 1 unspecified atom stereocenters. The molecule has 0 aromatic heterocycles. The normalized spacial score (nSPS) is 19.8. The number of carbonyl (C=O) groups is 2. The molecule has 1 fully saturated rings. The van der Waals surface area contributed by atoms with Crippen LogP contribution in [0.15, 0.2) is 53.4 Å². The fraction of sp³-hybridized carbons (Fsp3) is 0.364. The molecule has 1 aliphatic carbocycles. The fourth-order valence-electron chi connectivity index (χ4n) is 4.41. The Balaban J connectivity index is 1.76. The first-order valence-corrected chi connectivity index (χ1v) is 11.7. The van der Waals surface area contributed by atoms with Gasteiger partial charge in [-0.3, -0.25) is 14.5 Å². The summed E-state index contributed by atoms with van der Waals surface area (Å²) in [7, 11) is -3.93. The molecule has 7 nitrogen and oxygen atoms in total. The van der Waals surface area contributed by atoms with Gasteiger partial charge in [-0.2, -0.15) is 0 Å². The lowest BCUT2D eigenvalue weighted by Crippen LogP contribution is -2.45. The number of sulfonamides is 1. The maximum Gasteiger partial charge on any atom is 0.252 e. The number of nitrogens with two attached hydrogens (primary N) is 1. The van der Waals surface area contributed by atoms with E-state index in [9.17, 15) is 18.0 Å². The van der Waals surface area contributed by atoms with Gasteiger partial charge in [0.05, 0.1) is 16.3 Å². The van der Waals surface area contributed by atoms with Crippen molar-refractivity contribution in [1.29, 1.82) is 0 Å². The minimum Gasteiger partial charge on any atom is -0.322 e. The van der Waals surface area contributed by atoms with E-state index in [1.54, 1.807) is 6.07 Å². The van der Waals surface area contributed by atoms with Crippen molar-refractivity contribution in [3.05, 3.63) is 54.1 Å². The largest absolute Gasteiger partial charge is 0.322 e. The third-order valence-corrected chi connectivity index (χ3v) is 6.80. The predicted octanol–water partition coefficient (Wildman–Crippen LogP) is 3.33. The zero-order chi connectivity index (χ0) is 21.3. The first-order valence-electron chi connectivity index (χ1n) is 10.2. The van der Waals surface area contributed by atoms with E-state index in [0.717, 1.165) is 25.7 Å². The van der Waals surface area contributed by atoms with Gasteiger partial charge in [0.15, 0.2) is 0 Å². The molecule has 158 valence electrons. The van der Waals surface area contributed by atoms with Crippen LogP contribution in [0.3, 0.4) is 0 Å². The third-order valence-electron chi connectivity index (χ3n) is 5.89. The summed E-state index contributed by atoms with van der Waals surface area (Å²) in [5.74, 6) is -0.202. The van der Waals surface area contributed by atoms with Crippen molar-refractivity contribution in [2.45, 2.75) is 49.5 Å². The molecule has 2 amide bonds. The molecule has 4 rings (SSSR count). The maximum atomic E-state index is 13.4. The number of amides is 2. The molecule has 30 heavy (non-hydrogen) atoms. The summed E-state index contributed by atoms with van der Waals surface area (Å²) in [6.45, 7) is 0. The Labute approximate surface area is 176 Å². The van der Waals surface area contributed by atoms with E-state index >= 15 is 0 Å². The number of benzene rings is 2. The van der Waals surface area contributed by atoms with Gasteiger partial charge in [-0.05, 0) is 42.5 Å². The van der Waals surface area contributed by atoms with Crippen molar-refractivity contribution in [1.82, 2.24) is 0 Å². The summed E-state index contributed by atoms with van der Waals surface area (Å²) >= 11 is 0. The molecule has 0 spiro atoms. The van der Waals surface area contributed by atoms with Crippen LogP contribution >= 0.6 is 0 Å². The first-order chi connectivity index (χ1) is 14.3. The zero-order valence-electron chi connectivity index (χ0n) is 16.6. The lowest BCUT2D eigenvalue weighted by atomic mass is 9.86. The van der Waals surface area contributed by atoms with Crippen LogP contribution in [-0.4, -0.2) is 20.2 Å². The van der Waals surface area contributed by atoms with Crippen LogP contribution in [0, 0.1) is 5.92 Å². The average molecular weight is 428 g/mol. The predicted molar refractivity (Wildman–Crippen MR) is 114 cm³/mol. The van der Waals surface area contributed by atoms with Crippen LogP contribution in [0.25, 0.3) is 0 Å². The lowest BCUT2D eigenvalue weighted by molar-refractivity contribution is -0.124. The summed E-state index contributed by atoms with van der Waals surface area (Å²) in [6, 6.07) is 12.5. The standard InChI is InChI=1S/C22H25N3O4S/c23-30(28,29)17-11-12-19-18(14-17)24-22(27)21(16-9-5-2-6-10-16)25(19)20(26)13-15-7-3-1-4-8-15/h2,5-6,9-12,14-15,21H,1,3-4,7-8,13H2,(H,24,27)(H2,23,28,29). The van der Waals surface area contributed by atoms with Gasteiger partial charge in [-0.25, -0.2) is 13.6 Å². The number of anilines is 2. The highest BCUT2D eigenvalue weighted by molar-refractivity contribution is 7.89. The average Bonchev–Trinajstić information content (AvgIpc) is 2.73. The number of hydrogen-bond donors (Lipinski definition) is 2. The van der Waals surface area contributed by atoms with Gasteiger partial charge < -0.3 is 5.32 Å². The van der Waals surface area contributed by atoms with E-state index in [1.165, 1.54) is 23.5 Å². The van der Waals surface area contributed by atoms with E-state index in [4.69, 9.17) is 5.14 Å². The second kappa shape index (κ2) is 8.20. The molecular formula is C22H25N3O4S. The number of carbonyl (C=O) groups excluding carboxylic acids is 2. The Morgan fingerprint density at radius 1 is 1.07 bits per heavy atom. The van der Waals surface area contributed by atoms with Crippen LogP contribution in [0.2, 0.25) is 0 Å². The molecule has 2 aliphatic rings. The maximum absolute atomic E-state index is 13.4. The molecular weight excluding hydrogens is 402 g/mol. The van der Waals surface area contributed by atoms with Gasteiger partial charge in [0, 0.05) is 6.42 Å². The highest BCUT2D eigenvalue weighted by Gasteiger charge is 2.39. The number of nitrogens with zero attached hydrogens (tertiary/aromatic N) is 1. The molecule has 8 heteroatoms. The summed E-state index contributed by atoms with van der Waals surface area (Å²) < 4.78 is 23.5.